The lowest BCUT2D eigenvalue weighted by Crippen LogP contribution is -2.45. The molecule has 1 spiro atoms. The predicted molar refractivity (Wildman–Crippen MR) is 112 cm³/mol. The summed E-state index contributed by atoms with van der Waals surface area (Å²) in [6.45, 7) is 2.33. The summed E-state index contributed by atoms with van der Waals surface area (Å²) in [6.07, 6.45) is 5.73. The van der Waals surface area contributed by atoms with Gasteiger partial charge in [0, 0.05) is 26.6 Å². The zero-order valence-corrected chi connectivity index (χ0v) is 16.8. The maximum Gasteiger partial charge on any atom is 0.317 e. The smallest absolute Gasteiger partial charge is 0.317 e. The van der Waals surface area contributed by atoms with Crippen LogP contribution in [0.3, 0.4) is 0 Å². The van der Waals surface area contributed by atoms with Crippen LogP contribution in [0.1, 0.15) is 29.5 Å². The molecule has 2 aromatic carbocycles. The van der Waals surface area contributed by atoms with E-state index in [1.807, 2.05) is 35.3 Å². The topological polar surface area (TPSA) is 49.8 Å². The lowest BCUT2D eigenvalue weighted by atomic mass is 9.74. The van der Waals surface area contributed by atoms with Crippen LogP contribution in [0, 0.1) is 0 Å². The van der Waals surface area contributed by atoms with E-state index in [1.165, 1.54) is 5.56 Å². The molecule has 0 amide bonds. The molecule has 0 radical (unpaired) electrons. The van der Waals surface area contributed by atoms with E-state index in [4.69, 9.17) is 33.0 Å². The Kier molecular flexibility index (Phi) is 5.37. The van der Waals surface area contributed by atoms with Gasteiger partial charge in [0.15, 0.2) is 0 Å². The number of fused-ring (bicyclic) bond motifs is 2. The fourth-order valence-corrected chi connectivity index (χ4v) is 4.61. The van der Waals surface area contributed by atoms with Crippen molar-refractivity contribution in [3.8, 4) is 5.75 Å². The maximum atomic E-state index is 10.9. The minimum absolute atomic E-state index is 0.00136. The Hall–Kier alpha value is -2.01. The van der Waals surface area contributed by atoms with E-state index in [0.29, 0.717) is 16.7 Å². The molecule has 0 saturated carbocycles. The molecular weight excluding hydrogens is 397 g/mol. The molecular formula is C22H21Cl2NO3. The summed E-state index contributed by atoms with van der Waals surface area (Å²) < 4.78 is 6.03. The average molecular weight is 418 g/mol. The first-order valence-electron chi connectivity index (χ1n) is 9.30. The van der Waals surface area contributed by atoms with Gasteiger partial charge in [0.25, 0.3) is 0 Å². The molecule has 0 atom stereocenters. The molecule has 2 aliphatic rings. The number of carboxylic acid groups (broad SMARTS) is 1. The first-order valence-corrected chi connectivity index (χ1v) is 10.1. The van der Waals surface area contributed by atoms with Crippen LogP contribution in [0.5, 0.6) is 5.75 Å². The normalized spacial score (nSPS) is 18.4. The van der Waals surface area contributed by atoms with E-state index in [1.54, 1.807) is 0 Å². The Morgan fingerprint density at radius 3 is 2.54 bits per heavy atom. The lowest BCUT2D eigenvalue weighted by Gasteiger charge is -2.37. The molecule has 28 heavy (non-hydrogen) atoms. The first-order chi connectivity index (χ1) is 13.5. The van der Waals surface area contributed by atoms with Crippen LogP contribution in [-0.2, 0) is 10.2 Å². The number of hydrogen-bond donors (Lipinski definition) is 1. The molecule has 2 aromatic rings. The van der Waals surface area contributed by atoms with E-state index in [0.717, 1.165) is 42.8 Å². The zero-order chi connectivity index (χ0) is 19.7. The molecule has 4 rings (SSSR count). The van der Waals surface area contributed by atoms with Gasteiger partial charge in [-0.3, -0.25) is 9.69 Å². The van der Waals surface area contributed by atoms with Gasteiger partial charge in [0.05, 0.1) is 13.2 Å². The van der Waals surface area contributed by atoms with Gasteiger partial charge in [-0.15, -0.1) is 0 Å². The van der Waals surface area contributed by atoms with Crippen LogP contribution in [0.25, 0.3) is 12.2 Å². The summed E-state index contributed by atoms with van der Waals surface area (Å²) in [5.41, 5.74) is 3.05. The highest BCUT2D eigenvalue weighted by atomic mass is 35.5. The van der Waals surface area contributed by atoms with Crippen molar-refractivity contribution in [3.05, 3.63) is 63.1 Å². The zero-order valence-electron chi connectivity index (χ0n) is 15.3. The van der Waals surface area contributed by atoms with E-state index in [2.05, 4.69) is 18.2 Å². The number of benzene rings is 2. The fourth-order valence-electron chi connectivity index (χ4n) is 4.09. The number of piperidine rings is 1. The molecule has 1 saturated heterocycles. The monoisotopic (exact) mass is 417 g/mol. The van der Waals surface area contributed by atoms with E-state index in [9.17, 15) is 4.79 Å². The van der Waals surface area contributed by atoms with Crippen molar-refractivity contribution in [2.45, 2.75) is 18.3 Å². The molecule has 6 heteroatoms. The van der Waals surface area contributed by atoms with Gasteiger partial charge in [-0.1, -0.05) is 53.6 Å². The fraction of sp³-hybridized carbons (Fsp3) is 0.318. The highest BCUT2D eigenvalue weighted by molar-refractivity contribution is 6.37. The highest BCUT2D eigenvalue weighted by Crippen LogP contribution is 2.46. The Morgan fingerprint density at radius 1 is 1.14 bits per heavy atom. The van der Waals surface area contributed by atoms with E-state index >= 15 is 0 Å². The second-order valence-electron chi connectivity index (χ2n) is 7.46. The van der Waals surface area contributed by atoms with E-state index in [-0.39, 0.29) is 12.0 Å². The van der Waals surface area contributed by atoms with Crippen LogP contribution < -0.4 is 4.74 Å². The third-order valence-electron chi connectivity index (χ3n) is 5.70. The number of hydrogen-bond acceptors (Lipinski definition) is 3. The van der Waals surface area contributed by atoms with Gasteiger partial charge < -0.3 is 9.84 Å². The van der Waals surface area contributed by atoms with Crippen molar-refractivity contribution in [1.29, 1.82) is 0 Å². The van der Waals surface area contributed by atoms with Crippen LogP contribution in [0.15, 0.2) is 36.4 Å². The number of halogens is 2. The van der Waals surface area contributed by atoms with Crippen molar-refractivity contribution in [1.82, 2.24) is 4.90 Å². The van der Waals surface area contributed by atoms with Crippen molar-refractivity contribution in [3.63, 3.8) is 0 Å². The lowest BCUT2D eigenvalue weighted by molar-refractivity contribution is -0.138. The van der Waals surface area contributed by atoms with Gasteiger partial charge in [-0.05, 0) is 49.7 Å². The molecule has 0 bridgehead atoms. The molecule has 0 aromatic heterocycles. The maximum absolute atomic E-state index is 10.9. The van der Waals surface area contributed by atoms with Gasteiger partial charge in [0.1, 0.15) is 5.75 Å². The van der Waals surface area contributed by atoms with Crippen LogP contribution in [0.2, 0.25) is 10.0 Å². The minimum Gasteiger partial charge on any atom is -0.492 e. The van der Waals surface area contributed by atoms with Crippen molar-refractivity contribution < 1.29 is 14.6 Å². The van der Waals surface area contributed by atoms with Crippen LogP contribution >= 0.6 is 23.2 Å². The van der Waals surface area contributed by atoms with Gasteiger partial charge >= 0.3 is 5.97 Å². The third kappa shape index (κ3) is 3.77. The Labute approximate surface area is 174 Å². The quantitative estimate of drug-likeness (QED) is 0.712. The number of carboxylic acids is 1. The Bertz CT molecular complexity index is 913. The van der Waals surface area contributed by atoms with Gasteiger partial charge in [-0.25, -0.2) is 0 Å². The number of likely N-dealkylation sites (tertiary alicyclic amines) is 1. The second kappa shape index (κ2) is 7.78. The van der Waals surface area contributed by atoms with Crippen molar-refractivity contribution in [2.24, 2.45) is 0 Å². The molecule has 2 heterocycles. The summed E-state index contributed by atoms with van der Waals surface area (Å²) >= 11 is 12.5. The molecule has 146 valence electrons. The SMILES string of the molecule is O=C(O)CN1CCC2(CC1)COc1cc(C=Cc3c(Cl)cccc3Cl)ccc12. The summed E-state index contributed by atoms with van der Waals surface area (Å²) in [4.78, 5) is 12.9. The average Bonchev–Trinajstić information content (AvgIpc) is 3.01. The number of rotatable bonds is 4. The largest absolute Gasteiger partial charge is 0.492 e. The minimum atomic E-state index is -0.769. The van der Waals surface area contributed by atoms with Crippen LogP contribution in [0.4, 0.5) is 0 Å². The number of ether oxygens (including phenoxy) is 1. The second-order valence-corrected chi connectivity index (χ2v) is 8.28. The standard InChI is InChI=1S/C22H21Cl2NO3/c23-18-2-1-3-19(24)16(18)6-4-15-5-7-17-20(12-15)28-14-22(17)8-10-25(11-9-22)13-21(26)27/h1-7,12H,8-11,13-14H2,(H,26,27). The third-order valence-corrected chi connectivity index (χ3v) is 6.35. The molecule has 0 unspecified atom stereocenters. The van der Waals surface area contributed by atoms with Crippen molar-refractivity contribution >= 4 is 41.3 Å². The number of aliphatic carboxylic acids is 1. The number of nitrogens with zero attached hydrogens (tertiary/aromatic N) is 1. The summed E-state index contributed by atoms with van der Waals surface area (Å²) in [6, 6.07) is 11.7. The first kappa shape index (κ1) is 19.3. The number of carbonyl (C=O) groups is 1. The summed E-state index contributed by atoms with van der Waals surface area (Å²) in [5.74, 6) is 0.146. The van der Waals surface area contributed by atoms with Gasteiger partial charge in [-0.2, -0.15) is 0 Å². The van der Waals surface area contributed by atoms with Crippen LogP contribution in [-0.4, -0.2) is 42.2 Å². The van der Waals surface area contributed by atoms with E-state index < -0.39 is 5.97 Å². The van der Waals surface area contributed by atoms with Crippen molar-refractivity contribution in [2.75, 3.05) is 26.2 Å². The predicted octanol–water partition coefficient (Wildman–Crippen LogP) is 4.97. The summed E-state index contributed by atoms with van der Waals surface area (Å²) in [7, 11) is 0. The molecule has 1 N–H and O–H groups in total. The molecule has 4 nitrogen and oxygen atoms in total. The molecule has 0 aliphatic carbocycles. The Balaban J connectivity index is 1.52. The van der Waals surface area contributed by atoms with Gasteiger partial charge in [0.2, 0.25) is 0 Å². The highest BCUT2D eigenvalue weighted by Gasteiger charge is 2.43. The summed E-state index contributed by atoms with van der Waals surface area (Å²) in [5, 5.41) is 10.2. The molecule has 2 aliphatic heterocycles. The Morgan fingerprint density at radius 2 is 1.86 bits per heavy atom. The molecule has 1 fully saturated rings.